The first-order valence-corrected chi connectivity index (χ1v) is 3.63. The second-order valence-corrected chi connectivity index (χ2v) is 2.89. The highest BCUT2D eigenvalue weighted by Gasteiger charge is 2.30. The van der Waals surface area contributed by atoms with Crippen molar-refractivity contribution in [2.24, 2.45) is 0 Å². The minimum absolute atomic E-state index is 0.248. The molecule has 12 heavy (non-hydrogen) atoms. The lowest BCUT2D eigenvalue weighted by atomic mass is 10.1. The van der Waals surface area contributed by atoms with Crippen molar-refractivity contribution in [3.8, 4) is 0 Å². The van der Waals surface area contributed by atoms with Crippen LogP contribution in [0, 0.1) is 5.82 Å². The Bertz CT molecular complexity index is 271. The van der Waals surface area contributed by atoms with E-state index in [-0.39, 0.29) is 5.02 Å². The van der Waals surface area contributed by atoms with Crippen molar-refractivity contribution in [1.29, 1.82) is 0 Å². The summed E-state index contributed by atoms with van der Waals surface area (Å²) < 4.78 is 38.1. The van der Waals surface area contributed by atoms with E-state index in [1.807, 2.05) is 0 Å². The summed E-state index contributed by atoms with van der Waals surface area (Å²) in [5, 5.41) is -0.248. The minimum Gasteiger partial charge on any atom is -0.206 e. The Kier molecular flexibility index (Phi) is 2.33. The van der Waals surface area contributed by atoms with Crippen molar-refractivity contribution < 1.29 is 13.2 Å². The van der Waals surface area contributed by atoms with Gasteiger partial charge < -0.3 is 0 Å². The predicted molar refractivity (Wildman–Crippen MR) is 41.0 cm³/mol. The molecule has 0 radical (unpaired) electrons. The van der Waals surface area contributed by atoms with Crippen LogP contribution in [0.4, 0.5) is 13.2 Å². The van der Waals surface area contributed by atoms with Crippen molar-refractivity contribution in [1.82, 2.24) is 0 Å². The lowest BCUT2D eigenvalue weighted by Crippen LogP contribution is -2.10. The predicted octanol–water partition coefficient (Wildman–Crippen LogP) is 3.59. The second kappa shape index (κ2) is 2.98. The molecule has 4 heteroatoms. The fourth-order valence-corrected chi connectivity index (χ4v) is 1.25. The molecule has 0 nitrogen and oxygen atoms in total. The van der Waals surface area contributed by atoms with E-state index in [2.05, 4.69) is 0 Å². The van der Waals surface area contributed by atoms with Crippen LogP contribution in [0.1, 0.15) is 12.5 Å². The van der Waals surface area contributed by atoms with Crippen molar-refractivity contribution in [2.45, 2.75) is 12.8 Å². The van der Waals surface area contributed by atoms with Crippen LogP contribution in [-0.2, 0) is 5.92 Å². The normalized spacial score (nSPS) is 11.8. The average molecular weight is 195 g/mol. The van der Waals surface area contributed by atoms with Gasteiger partial charge in [0.1, 0.15) is 5.82 Å². The molecule has 0 saturated heterocycles. The number of halogens is 4. The topological polar surface area (TPSA) is 0 Å². The molecule has 0 N–H and O–H groups in total. The van der Waals surface area contributed by atoms with E-state index < -0.39 is 17.3 Å². The van der Waals surface area contributed by atoms with Gasteiger partial charge in [-0.05, 0) is 12.1 Å². The molecule has 0 aromatic heterocycles. The van der Waals surface area contributed by atoms with Crippen LogP contribution in [0.2, 0.25) is 5.02 Å². The maximum absolute atomic E-state index is 12.8. The average Bonchev–Trinajstić information content (AvgIpc) is 1.82. The summed E-state index contributed by atoms with van der Waals surface area (Å²) in [7, 11) is 0. The summed E-state index contributed by atoms with van der Waals surface area (Å²) in [4.78, 5) is 0. The van der Waals surface area contributed by atoms with Crippen molar-refractivity contribution >= 4 is 11.6 Å². The van der Waals surface area contributed by atoms with Gasteiger partial charge in [-0.15, -0.1) is 0 Å². The standard InChI is InChI=1S/C8H6ClF3/c1-8(11,12)7-5(9)3-2-4-6(7)10/h2-4H,1H3. The summed E-state index contributed by atoms with van der Waals surface area (Å²) in [6, 6.07) is 3.48. The number of rotatable bonds is 1. The minimum atomic E-state index is -3.23. The molecule has 0 aliphatic heterocycles. The maximum Gasteiger partial charge on any atom is 0.274 e. The monoisotopic (exact) mass is 194 g/mol. The van der Waals surface area contributed by atoms with Crippen LogP contribution < -0.4 is 0 Å². The SMILES string of the molecule is CC(F)(F)c1c(F)cccc1Cl. The zero-order valence-electron chi connectivity index (χ0n) is 6.24. The zero-order chi connectivity index (χ0) is 9.35. The number of hydrogen-bond donors (Lipinski definition) is 0. The summed E-state index contributed by atoms with van der Waals surface area (Å²) in [6.07, 6.45) is 0. The van der Waals surface area contributed by atoms with E-state index >= 15 is 0 Å². The van der Waals surface area contributed by atoms with Gasteiger partial charge >= 0.3 is 0 Å². The molecule has 0 bridgehead atoms. The second-order valence-electron chi connectivity index (χ2n) is 2.49. The summed E-state index contributed by atoms with van der Waals surface area (Å²) in [5.41, 5.74) is -0.744. The molecule has 0 amide bonds. The maximum atomic E-state index is 12.8. The smallest absolute Gasteiger partial charge is 0.206 e. The van der Waals surface area contributed by atoms with E-state index in [9.17, 15) is 13.2 Å². The van der Waals surface area contributed by atoms with Crippen LogP contribution in [0.3, 0.4) is 0 Å². The molecule has 0 atom stereocenters. The lowest BCUT2D eigenvalue weighted by Gasteiger charge is -2.12. The first kappa shape index (κ1) is 9.39. The van der Waals surface area contributed by atoms with Crippen molar-refractivity contribution in [3.05, 3.63) is 34.6 Å². The van der Waals surface area contributed by atoms with E-state index in [4.69, 9.17) is 11.6 Å². The van der Waals surface area contributed by atoms with E-state index in [0.29, 0.717) is 6.92 Å². The van der Waals surface area contributed by atoms with Crippen molar-refractivity contribution in [3.63, 3.8) is 0 Å². The molecule has 0 saturated carbocycles. The number of alkyl halides is 2. The third kappa shape index (κ3) is 1.72. The Morgan fingerprint density at radius 1 is 1.33 bits per heavy atom. The van der Waals surface area contributed by atoms with E-state index in [1.54, 1.807) is 0 Å². The van der Waals surface area contributed by atoms with Crippen molar-refractivity contribution in [2.75, 3.05) is 0 Å². The zero-order valence-corrected chi connectivity index (χ0v) is 7.00. The van der Waals surface area contributed by atoms with Gasteiger partial charge in [0.05, 0.1) is 10.6 Å². The van der Waals surface area contributed by atoms with Gasteiger partial charge in [0.15, 0.2) is 0 Å². The lowest BCUT2D eigenvalue weighted by molar-refractivity contribution is 0.0139. The molecule has 1 aromatic rings. The van der Waals surface area contributed by atoms with Gasteiger partial charge in [0, 0.05) is 6.92 Å². The third-order valence-electron chi connectivity index (χ3n) is 1.40. The Morgan fingerprint density at radius 3 is 2.25 bits per heavy atom. The molecule has 0 aliphatic carbocycles. The summed E-state index contributed by atoms with van der Waals surface area (Å²) >= 11 is 5.39. The molecule has 0 fully saturated rings. The fourth-order valence-electron chi connectivity index (χ4n) is 0.917. The van der Waals surface area contributed by atoms with Gasteiger partial charge in [-0.25, -0.2) is 13.2 Å². The van der Waals surface area contributed by atoms with Crippen LogP contribution >= 0.6 is 11.6 Å². The Balaban J connectivity index is 3.31. The molecule has 0 heterocycles. The quantitative estimate of drug-likeness (QED) is 0.641. The Hall–Kier alpha value is -0.700. The largest absolute Gasteiger partial charge is 0.274 e. The van der Waals surface area contributed by atoms with Gasteiger partial charge in [0.25, 0.3) is 5.92 Å². The van der Waals surface area contributed by atoms with Crippen LogP contribution in [0.5, 0.6) is 0 Å². The first-order chi connectivity index (χ1) is 5.43. The van der Waals surface area contributed by atoms with Gasteiger partial charge in [-0.1, -0.05) is 17.7 Å². The van der Waals surface area contributed by atoms with Crippen LogP contribution in [0.25, 0.3) is 0 Å². The Labute approximate surface area is 73.0 Å². The van der Waals surface area contributed by atoms with Crippen LogP contribution in [0.15, 0.2) is 18.2 Å². The molecule has 0 spiro atoms. The molecular weight excluding hydrogens is 189 g/mol. The first-order valence-electron chi connectivity index (χ1n) is 3.25. The number of hydrogen-bond acceptors (Lipinski definition) is 0. The van der Waals surface area contributed by atoms with E-state index in [1.165, 1.54) is 12.1 Å². The molecule has 0 unspecified atom stereocenters. The summed E-state index contributed by atoms with van der Waals surface area (Å²) in [6.45, 7) is 0.608. The number of benzene rings is 1. The van der Waals surface area contributed by atoms with E-state index in [0.717, 1.165) is 6.07 Å². The highest BCUT2D eigenvalue weighted by Crippen LogP contribution is 2.34. The fraction of sp³-hybridized carbons (Fsp3) is 0.250. The molecule has 0 aliphatic rings. The molecule has 66 valence electrons. The van der Waals surface area contributed by atoms with Crippen LogP contribution in [-0.4, -0.2) is 0 Å². The highest BCUT2D eigenvalue weighted by atomic mass is 35.5. The molecule has 1 rings (SSSR count). The molecule has 1 aromatic carbocycles. The third-order valence-corrected chi connectivity index (χ3v) is 1.72. The van der Waals surface area contributed by atoms with Gasteiger partial charge in [0.2, 0.25) is 0 Å². The molecular formula is C8H6ClF3. The highest BCUT2D eigenvalue weighted by molar-refractivity contribution is 6.31. The van der Waals surface area contributed by atoms with Gasteiger partial charge in [-0.3, -0.25) is 0 Å². The summed E-state index contributed by atoms with van der Waals surface area (Å²) in [5.74, 6) is -4.21. The Morgan fingerprint density at radius 2 is 1.92 bits per heavy atom. The van der Waals surface area contributed by atoms with Gasteiger partial charge in [-0.2, -0.15) is 0 Å².